The molecule has 7 heteroatoms. The lowest BCUT2D eigenvalue weighted by atomic mass is 10.2. The van der Waals surface area contributed by atoms with E-state index in [0.717, 1.165) is 44.2 Å². The highest BCUT2D eigenvalue weighted by Gasteiger charge is 2.32. The summed E-state index contributed by atoms with van der Waals surface area (Å²) in [5.74, 6) is 0.0151. The monoisotopic (exact) mass is 388 g/mol. The van der Waals surface area contributed by atoms with Gasteiger partial charge < -0.3 is 9.64 Å². The molecule has 27 heavy (non-hydrogen) atoms. The second-order valence-electron chi connectivity index (χ2n) is 7.47. The van der Waals surface area contributed by atoms with E-state index in [1.165, 1.54) is 5.56 Å². The Labute approximate surface area is 164 Å². The van der Waals surface area contributed by atoms with Crippen molar-refractivity contribution in [1.82, 2.24) is 19.6 Å². The Bertz CT molecular complexity index is 843. The number of benzene rings is 1. The first-order chi connectivity index (χ1) is 13.0. The van der Waals surface area contributed by atoms with E-state index in [2.05, 4.69) is 23.4 Å². The molecule has 0 atom stereocenters. The highest BCUT2D eigenvalue weighted by atomic mass is 35.5. The molecule has 1 aromatic carbocycles. The number of ether oxygens (including phenoxy) is 1. The molecule has 0 unspecified atom stereocenters. The number of rotatable bonds is 4. The van der Waals surface area contributed by atoms with Crippen LogP contribution in [-0.2, 0) is 24.4 Å². The number of aromatic nitrogens is 2. The molecule has 3 heterocycles. The molecule has 0 aliphatic carbocycles. The molecule has 4 rings (SSSR count). The zero-order chi connectivity index (χ0) is 19.0. The summed E-state index contributed by atoms with van der Waals surface area (Å²) in [5, 5.41) is 5.46. The number of hydrogen-bond donors (Lipinski definition) is 0. The number of fused-ring (bicyclic) bond motifs is 1. The van der Waals surface area contributed by atoms with Crippen LogP contribution in [0.3, 0.4) is 0 Å². The van der Waals surface area contributed by atoms with Gasteiger partial charge in [-0.3, -0.25) is 14.4 Å². The van der Waals surface area contributed by atoms with Crippen molar-refractivity contribution in [2.45, 2.75) is 39.5 Å². The minimum atomic E-state index is 0.0151. The van der Waals surface area contributed by atoms with Crippen LogP contribution in [0.1, 0.15) is 47.2 Å². The Balaban J connectivity index is 1.58. The summed E-state index contributed by atoms with van der Waals surface area (Å²) in [6.07, 6.45) is 0. The molecule has 1 saturated heterocycles. The van der Waals surface area contributed by atoms with E-state index < -0.39 is 0 Å². The Kier molecular flexibility index (Phi) is 5.21. The Hall–Kier alpha value is -1.89. The first-order valence-electron chi connectivity index (χ1n) is 9.47. The standard InChI is InChI=1S/C20H25ClN4O2/c1-14(2)25-19-13-24(20(26)15-4-3-5-16(21)10-15)11-17(19)18(22-25)12-23-6-8-27-9-7-23/h3-5,10,14H,6-9,11-13H2,1-2H3. The summed E-state index contributed by atoms with van der Waals surface area (Å²) in [4.78, 5) is 17.2. The van der Waals surface area contributed by atoms with Gasteiger partial charge in [0, 0.05) is 41.8 Å². The van der Waals surface area contributed by atoms with Crippen LogP contribution in [0.25, 0.3) is 0 Å². The maximum Gasteiger partial charge on any atom is 0.254 e. The predicted molar refractivity (Wildman–Crippen MR) is 104 cm³/mol. The van der Waals surface area contributed by atoms with Gasteiger partial charge >= 0.3 is 0 Å². The van der Waals surface area contributed by atoms with Gasteiger partial charge in [0.2, 0.25) is 0 Å². The van der Waals surface area contributed by atoms with Crippen LogP contribution >= 0.6 is 11.6 Å². The number of carbonyl (C=O) groups excluding carboxylic acids is 1. The van der Waals surface area contributed by atoms with E-state index in [-0.39, 0.29) is 11.9 Å². The molecule has 0 bridgehead atoms. The lowest BCUT2D eigenvalue weighted by molar-refractivity contribution is 0.0333. The summed E-state index contributed by atoms with van der Waals surface area (Å²) in [6, 6.07) is 7.42. The van der Waals surface area contributed by atoms with Crippen molar-refractivity contribution < 1.29 is 9.53 Å². The number of amides is 1. The molecular weight excluding hydrogens is 364 g/mol. The van der Waals surface area contributed by atoms with Gasteiger partial charge in [-0.15, -0.1) is 0 Å². The highest BCUT2D eigenvalue weighted by Crippen LogP contribution is 2.30. The fourth-order valence-electron chi connectivity index (χ4n) is 3.81. The van der Waals surface area contributed by atoms with E-state index in [1.807, 2.05) is 17.0 Å². The SMILES string of the molecule is CC(C)n1nc(CN2CCOCC2)c2c1CN(C(=O)c1cccc(Cl)c1)C2. The maximum absolute atomic E-state index is 13.0. The topological polar surface area (TPSA) is 50.6 Å². The molecule has 0 spiro atoms. The fraction of sp³-hybridized carbons (Fsp3) is 0.500. The molecule has 1 amide bonds. The van der Waals surface area contributed by atoms with Crippen molar-refractivity contribution in [3.8, 4) is 0 Å². The molecule has 2 aliphatic heterocycles. The molecule has 0 saturated carbocycles. The van der Waals surface area contributed by atoms with E-state index >= 15 is 0 Å². The first-order valence-corrected chi connectivity index (χ1v) is 9.85. The van der Waals surface area contributed by atoms with Gasteiger partial charge in [-0.25, -0.2) is 0 Å². The van der Waals surface area contributed by atoms with Crippen molar-refractivity contribution in [2.24, 2.45) is 0 Å². The number of nitrogens with zero attached hydrogens (tertiary/aromatic N) is 4. The first kappa shape index (κ1) is 18.5. The molecule has 1 fully saturated rings. The molecule has 1 aromatic heterocycles. The van der Waals surface area contributed by atoms with Gasteiger partial charge in [-0.1, -0.05) is 17.7 Å². The average molecular weight is 389 g/mol. The predicted octanol–water partition coefficient (Wildman–Crippen LogP) is 3.11. The molecule has 6 nitrogen and oxygen atoms in total. The zero-order valence-electron chi connectivity index (χ0n) is 15.8. The van der Waals surface area contributed by atoms with E-state index in [9.17, 15) is 4.79 Å². The molecule has 0 N–H and O–H groups in total. The maximum atomic E-state index is 13.0. The molecule has 144 valence electrons. The van der Waals surface area contributed by atoms with E-state index in [4.69, 9.17) is 21.4 Å². The lowest BCUT2D eigenvalue weighted by Crippen LogP contribution is -2.36. The summed E-state index contributed by atoms with van der Waals surface area (Å²) >= 11 is 6.06. The number of morpholine rings is 1. The van der Waals surface area contributed by atoms with Gasteiger partial charge in [0.1, 0.15) is 0 Å². The molecular formula is C20H25ClN4O2. The minimum Gasteiger partial charge on any atom is -0.379 e. The number of hydrogen-bond acceptors (Lipinski definition) is 4. The summed E-state index contributed by atoms with van der Waals surface area (Å²) in [5.41, 5.74) is 4.07. The van der Waals surface area contributed by atoms with Crippen LogP contribution < -0.4 is 0 Å². The van der Waals surface area contributed by atoms with Crippen LogP contribution in [0.15, 0.2) is 24.3 Å². The van der Waals surface area contributed by atoms with Gasteiger partial charge in [-0.2, -0.15) is 5.10 Å². The van der Waals surface area contributed by atoms with Gasteiger partial charge in [-0.05, 0) is 32.0 Å². The van der Waals surface area contributed by atoms with Crippen molar-refractivity contribution in [1.29, 1.82) is 0 Å². The smallest absolute Gasteiger partial charge is 0.254 e. The molecule has 0 radical (unpaired) electrons. The lowest BCUT2D eigenvalue weighted by Gasteiger charge is -2.26. The van der Waals surface area contributed by atoms with Crippen LogP contribution in [-0.4, -0.2) is 51.8 Å². The zero-order valence-corrected chi connectivity index (χ0v) is 16.6. The largest absolute Gasteiger partial charge is 0.379 e. The van der Waals surface area contributed by atoms with Crippen LogP contribution in [0, 0.1) is 0 Å². The fourth-order valence-corrected chi connectivity index (χ4v) is 4.00. The second-order valence-corrected chi connectivity index (χ2v) is 7.91. The molecule has 2 aromatic rings. The van der Waals surface area contributed by atoms with Gasteiger partial charge in [0.15, 0.2) is 0 Å². The van der Waals surface area contributed by atoms with Crippen LogP contribution in [0.5, 0.6) is 0 Å². The number of halogens is 1. The average Bonchev–Trinajstić information content (AvgIpc) is 3.22. The third-order valence-electron chi connectivity index (χ3n) is 5.22. The van der Waals surface area contributed by atoms with Crippen molar-refractivity contribution in [2.75, 3.05) is 26.3 Å². The van der Waals surface area contributed by atoms with Crippen molar-refractivity contribution in [3.63, 3.8) is 0 Å². The minimum absolute atomic E-state index is 0.0151. The summed E-state index contributed by atoms with van der Waals surface area (Å²) < 4.78 is 7.53. The van der Waals surface area contributed by atoms with Crippen LogP contribution in [0.4, 0.5) is 0 Å². The summed E-state index contributed by atoms with van der Waals surface area (Å²) in [7, 11) is 0. The van der Waals surface area contributed by atoms with Gasteiger partial charge in [0.05, 0.1) is 37.7 Å². The van der Waals surface area contributed by atoms with Crippen molar-refractivity contribution >= 4 is 17.5 Å². The Morgan fingerprint density at radius 2 is 2.04 bits per heavy atom. The quantitative estimate of drug-likeness (QED) is 0.807. The van der Waals surface area contributed by atoms with Crippen LogP contribution in [0.2, 0.25) is 5.02 Å². The second kappa shape index (κ2) is 7.62. The van der Waals surface area contributed by atoms with E-state index in [0.29, 0.717) is 23.7 Å². The Morgan fingerprint density at radius 1 is 1.26 bits per heavy atom. The number of carbonyl (C=O) groups is 1. The van der Waals surface area contributed by atoms with E-state index in [1.54, 1.807) is 12.1 Å². The molecule has 2 aliphatic rings. The van der Waals surface area contributed by atoms with Crippen molar-refractivity contribution in [3.05, 3.63) is 51.8 Å². The van der Waals surface area contributed by atoms with Gasteiger partial charge in [0.25, 0.3) is 5.91 Å². The normalized spacial score (nSPS) is 17.6. The highest BCUT2D eigenvalue weighted by molar-refractivity contribution is 6.30. The third-order valence-corrected chi connectivity index (χ3v) is 5.45. The third kappa shape index (κ3) is 3.74. The summed E-state index contributed by atoms with van der Waals surface area (Å²) in [6.45, 7) is 9.66. The Morgan fingerprint density at radius 3 is 2.74 bits per heavy atom.